The van der Waals surface area contributed by atoms with E-state index in [0.29, 0.717) is 16.2 Å². The maximum Gasteiger partial charge on any atom is 0.351 e. The number of carbonyl (C=O) groups is 2. The van der Waals surface area contributed by atoms with Crippen molar-refractivity contribution in [3.8, 4) is 16.3 Å². The highest BCUT2D eigenvalue weighted by Gasteiger charge is 2.23. The highest BCUT2D eigenvalue weighted by Crippen LogP contribution is 2.39. The Hall–Kier alpha value is -4.43. The first kappa shape index (κ1) is 25.2. The fraction of sp³-hybridized carbons (Fsp3) is 0.167. The van der Waals surface area contributed by atoms with Gasteiger partial charge >= 0.3 is 11.9 Å². The van der Waals surface area contributed by atoms with Crippen molar-refractivity contribution in [2.45, 2.75) is 26.6 Å². The number of aromatic nitrogens is 2. The summed E-state index contributed by atoms with van der Waals surface area (Å²) in [6.07, 6.45) is 3.37. The fourth-order valence-electron chi connectivity index (χ4n) is 4.28. The van der Waals surface area contributed by atoms with E-state index in [4.69, 9.17) is 14.2 Å². The molecule has 5 aromatic rings. The number of nitrogens with zero attached hydrogens (tertiary/aromatic N) is 2. The lowest BCUT2D eigenvalue weighted by molar-refractivity contribution is 0.0472. The molecule has 0 N–H and O–H groups in total. The monoisotopic (exact) mass is 526 g/mol. The standard InChI is InChI=1S/C30H26N2O5S/c1-19-15-21(18-36-29(33)22-9-5-4-6-10-22)12-13-23(19)20(2)37-25-16-26(38-28(25)30(34)35-3)24-17-31-27-11-7-8-14-32(24)27/h4-17,20H,18H2,1-3H3/t20-/m1/s1. The Morgan fingerprint density at radius 3 is 2.55 bits per heavy atom. The van der Waals surface area contributed by atoms with Gasteiger partial charge in [0.2, 0.25) is 0 Å². The summed E-state index contributed by atoms with van der Waals surface area (Å²) in [6.45, 7) is 4.09. The molecule has 0 fully saturated rings. The van der Waals surface area contributed by atoms with Gasteiger partial charge in [-0.2, -0.15) is 0 Å². The van der Waals surface area contributed by atoms with Crippen molar-refractivity contribution < 1.29 is 23.8 Å². The Morgan fingerprint density at radius 2 is 1.79 bits per heavy atom. The average Bonchev–Trinajstić information content (AvgIpc) is 3.56. The number of pyridine rings is 1. The Kier molecular flexibility index (Phi) is 7.24. The van der Waals surface area contributed by atoms with Crippen LogP contribution >= 0.6 is 11.3 Å². The molecule has 0 aliphatic heterocycles. The average molecular weight is 527 g/mol. The van der Waals surface area contributed by atoms with E-state index in [1.54, 1.807) is 30.5 Å². The molecule has 0 radical (unpaired) electrons. The summed E-state index contributed by atoms with van der Waals surface area (Å²) in [5.41, 5.74) is 5.02. The third kappa shape index (κ3) is 5.17. The topological polar surface area (TPSA) is 79.1 Å². The van der Waals surface area contributed by atoms with Crippen LogP contribution in [0.1, 0.15) is 49.7 Å². The van der Waals surface area contributed by atoms with E-state index in [9.17, 15) is 9.59 Å². The zero-order valence-electron chi connectivity index (χ0n) is 21.2. The molecule has 0 aliphatic rings. The number of hydrogen-bond donors (Lipinski definition) is 0. The first-order chi connectivity index (χ1) is 18.4. The zero-order chi connectivity index (χ0) is 26.6. The Balaban J connectivity index is 1.34. The lowest BCUT2D eigenvalue weighted by atomic mass is 10.0. The quantitative estimate of drug-likeness (QED) is 0.211. The van der Waals surface area contributed by atoms with Gasteiger partial charge in [-0.3, -0.25) is 4.40 Å². The van der Waals surface area contributed by atoms with E-state index in [0.717, 1.165) is 32.9 Å². The Labute approximate surface area is 224 Å². The molecule has 3 aromatic heterocycles. The second-order valence-corrected chi connectivity index (χ2v) is 9.81. The normalized spacial score (nSPS) is 11.8. The minimum atomic E-state index is -0.454. The summed E-state index contributed by atoms with van der Waals surface area (Å²) in [5.74, 6) is -0.362. The number of carbonyl (C=O) groups excluding carboxylic acids is 2. The molecular formula is C30H26N2O5S. The van der Waals surface area contributed by atoms with E-state index in [-0.39, 0.29) is 18.7 Å². The number of hydrogen-bond acceptors (Lipinski definition) is 7. The number of aryl methyl sites for hydroxylation is 1. The van der Waals surface area contributed by atoms with Gasteiger partial charge in [0, 0.05) is 12.3 Å². The van der Waals surface area contributed by atoms with Crippen LogP contribution in [0.4, 0.5) is 0 Å². The molecule has 3 heterocycles. The van der Waals surface area contributed by atoms with Gasteiger partial charge in [-0.25, -0.2) is 14.6 Å². The van der Waals surface area contributed by atoms with Crippen LogP contribution in [-0.2, 0) is 16.1 Å². The van der Waals surface area contributed by atoms with Gasteiger partial charge in [0.05, 0.1) is 29.4 Å². The van der Waals surface area contributed by atoms with E-state index < -0.39 is 5.97 Å². The molecule has 7 nitrogen and oxygen atoms in total. The number of rotatable bonds is 8. The van der Waals surface area contributed by atoms with Gasteiger partial charge < -0.3 is 14.2 Å². The summed E-state index contributed by atoms with van der Waals surface area (Å²) >= 11 is 1.31. The molecular weight excluding hydrogens is 500 g/mol. The first-order valence-electron chi connectivity index (χ1n) is 12.1. The highest BCUT2D eigenvalue weighted by atomic mass is 32.1. The molecule has 0 saturated heterocycles. The molecule has 2 aromatic carbocycles. The SMILES string of the molecule is COC(=O)c1sc(-c2cnc3ccccn23)cc1O[C@H](C)c1ccc(COC(=O)c2ccccc2)cc1C. The molecule has 0 bridgehead atoms. The number of methoxy groups -OCH3 is 1. The molecule has 1 atom stereocenters. The summed E-state index contributed by atoms with van der Waals surface area (Å²) in [4.78, 5) is 30.5. The minimum absolute atomic E-state index is 0.170. The second kappa shape index (κ2) is 10.9. The van der Waals surface area contributed by atoms with Crippen LogP contribution in [0.15, 0.2) is 85.2 Å². The number of esters is 2. The van der Waals surface area contributed by atoms with Gasteiger partial charge in [-0.1, -0.05) is 42.5 Å². The van der Waals surface area contributed by atoms with Gasteiger partial charge in [0.15, 0.2) is 4.88 Å². The van der Waals surface area contributed by atoms with Crippen molar-refractivity contribution in [1.82, 2.24) is 9.38 Å². The number of benzene rings is 2. The highest BCUT2D eigenvalue weighted by molar-refractivity contribution is 7.17. The first-order valence-corrected chi connectivity index (χ1v) is 12.9. The third-order valence-electron chi connectivity index (χ3n) is 6.19. The lowest BCUT2D eigenvalue weighted by Gasteiger charge is -2.18. The van der Waals surface area contributed by atoms with Crippen LogP contribution in [-0.4, -0.2) is 28.4 Å². The number of thiophene rings is 1. The summed E-state index contributed by atoms with van der Waals surface area (Å²) in [7, 11) is 1.36. The molecule has 38 heavy (non-hydrogen) atoms. The van der Waals surface area contributed by atoms with E-state index in [2.05, 4.69) is 4.98 Å². The van der Waals surface area contributed by atoms with Gasteiger partial charge in [0.25, 0.3) is 0 Å². The number of fused-ring (bicyclic) bond motifs is 1. The fourth-order valence-corrected chi connectivity index (χ4v) is 5.30. The van der Waals surface area contributed by atoms with E-state index in [1.165, 1.54) is 18.4 Å². The zero-order valence-corrected chi connectivity index (χ0v) is 22.0. The van der Waals surface area contributed by atoms with Crippen molar-refractivity contribution in [1.29, 1.82) is 0 Å². The van der Waals surface area contributed by atoms with Crippen molar-refractivity contribution >= 4 is 28.9 Å². The summed E-state index contributed by atoms with van der Waals surface area (Å²) in [5, 5.41) is 0. The summed E-state index contributed by atoms with van der Waals surface area (Å²) < 4.78 is 18.8. The molecule has 0 spiro atoms. The number of imidazole rings is 1. The third-order valence-corrected chi connectivity index (χ3v) is 7.31. The molecule has 5 rings (SSSR count). The van der Waals surface area contributed by atoms with Crippen molar-refractivity contribution in [3.63, 3.8) is 0 Å². The van der Waals surface area contributed by atoms with Crippen LogP contribution in [0, 0.1) is 6.92 Å². The maximum atomic E-state index is 12.6. The van der Waals surface area contributed by atoms with Gasteiger partial charge in [0.1, 0.15) is 24.1 Å². The Morgan fingerprint density at radius 1 is 1.00 bits per heavy atom. The largest absolute Gasteiger partial charge is 0.484 e. The molecule has 0 unspecified atom stereocenters. The second-order valence-electron chi connectivity index (χ2n) is 8.76. The van der Waals surface area contributed by atoms with Gasteiger partial charge in [-0.15, -0.1) is 11.3 Å². The maximum absolute atomic E-state index is 12.6. The van der Waals surface area contributed by atoms with Crippen LogP contribution in [0.25, 0.3) is 16.2 Å². The predicted octanol–water partition coefficient (Wildman–Crippen LogP) is 6.65. The van der Waals surface area contributed by atoms with Crippen molar-refractivity contribution in [2.24, 2.45) is 0 Å². The van der Waals surface area contributed by atoms with Crippen LogP contribution in [0.2, 0.25) is 0 Å². The van der Waals surface area contributed by atoms with E-state index >= 15 is 0 Å². The molecule has 0 saturated carbocycles. The van der Waals surface area contributed by atoms with Crippen LogP contribution in [0.5, 0.6) is 5.75 Å². The van der Waals surface area contributed by atoms with Crippen molar-refractivity contribution in [3.05, 3.63) is 112 Å². The smallest absolute Gasteiger partial charge is 0.351 e. The van der Waals surface area contributed by atoms with Gasteiger partial charge in [-0.05, 0) is 54.8 Å². The van der Waals surface area contributed by atoms with Crippen LogP contribution < -0.4 is 4.74 Å². The summed E-state index contributed by atoms with van der Waals surface area (Å²) in [6, 6.07) is 22.4. The molecule has 0 amide bonds. The van der Waals surface area contributed by atoms with Crippen LogP contribution in [0.3, 0.4) is 0 Å². The van der Waals surface area contributed by atoms with Crippen molar-refractivity contribution in [2.75, 3.05) is 7.11 Å². The molecule has 0 aliphatic carbocycles. The molecule has 8 heteroatoms. The minimum Gasteiger partial charge on any atom is -0.484 e. The predicted molar refractivity (Wildman–Crippen MR) is 146 cm³/mol. The van der Waals surface area contributed by atoms with E-state index in [1.807, 2.05) is 73.0 Å². The lowest BCUT2D eigenvalue weighted by Crippen LogP contribution is -2.09. The molecule has 192 valence electrons. The number of ether oxygens (including phenoxy) is 3. The Bertz CT molecular complexity index is 1610.